The number of carbonyl (C=O) groups excluding carboxylic acids is 2. The lowest BCUT2D eigenvalue weighted by molar-refractivity contribution is -0.140. The first-order valence-electron chi connectivity index (χ1n) is 10.1. The molecular formula is C22H28N2O6. The number of nitrogens with zero attached hydrogens (tertiary/aromatic N) is 1. The molecule has 3 rings (SSSR count). The minimum Gasteiger partial charge on any atom is -0.511 e. The van der Waals surface area contributed by atoms with E-state index in [1.165, 1.54) is 24.2 Å². The van der Waals surface area contributed by atoms with Gasteiger partial charge in [0.05, 0.1) is 6.61 Å². The number of carbonyl (C=O) groups is 3. The van der Waals surface area contributed by atoms with Gasteiger partial charge in [-0.05, 0) is 50.3 Å². The van der Waals surface area contributed by atoms with Crippen LogP contribution in [0.3, 0.4) is 0 Å². The molecule has 1 aliphatic heterocycles. The summed E-state index contributed by atoms with van der Waals surface area (Å²) in [7, 11) is 0. The SMILES string of the molecule is CC1(C)CC(O)=C(C(=O)NCC(=O)O)C(=O)N1Cc1ccc(OCC2CCC2)cc1. The zero-order valence-electron chi connectivity index (χ0n) is 17.3. The zero-order valence-corrected chi connectivity index (χ0v) is 17.3. The molecule has 30 heavy (non-hydrogen) atoms. The third kappa shape index (κ3) is 4.93. The van der Waals surface area contributed by atoms with Crippen molar-refractivity contribution < 1.29 is 29.3 Å². The number of nitrogens with one attached hydrogen (secondary N) is 1. The third-order valence-electron chi connectivity index (χ3n) is 5.68. The second kappa shape index (κ2) is 8.77. The molecule has 162 valence electrons. The van der Waals surface area contributed by atoms with Crippen molar-refractivity contribution in [2.75, 3.05) is 13.2 Å². The van der Waals surface area contributed by atoms with Gasteiger partial charge in [-0.15, -0.1) is 0 Å². The lowest BCUT2D eigenvalue weighted by atomic mass is 9.86. The van der Waals surface area contributed by atoms with Gasteiger partial charge >= 0.3 is 5.97 Å². The lowest BCUT2D eigenvalue weighted by Crippen LogP contribution is -2.53. The number of aliphatic hydroxyl groups is 1. The van der Waals surface area contributed by atoms with Crippen LogP contribution < -0.4 is 10.1 Å². The maximum absolute atomic E-state index is 13.0. The molecule has 0 bridgehead atoms. The summed E-state index contributed by atoms with van der Waals surface area (Å²) in [5.41, 5.74) is -0.257. The second-order valence-corrected chi connectivity index (χ2v) is 8.53. The number of benzene rings is 1. The van der Waals surface area contributed by atoms with Crippen LogP contribution in [0.1, 0.15) is 45.1 Å². The highest BCUT2D eigenvalue weighted by atomic mass is 16.5. The van der Waals surface area contributed by atoms with E-state index < -0.39 is 35.4 Å². The molecule has 1 heterocycles. The molecule has 2 amide bonds. The number of hydrogen-bond acceptors (Lipinski definition) is 5. The van der Waals surface area contributed by atoms with Gasteiger partial charge in [-0.3, -0.25) is 14.4 Å². The summed E-state index contributed by atoms with van der Waals surface area (Å²) in [6.07, 6.45) is 3.80. The van der Waals surface area contributed by atoms with Crippen LogP contribution in [-0.4, -0.2) is 51.6 Å². The lowest BCUT2D eigenvalue weighted by Gasteiger charge is -2.42. The Labute approximate surface area is 175 Å². The molecule has 1 fully saturated rings. The summed E-state index contributed by atoms with van der Waals surface area (Å²) in [6.45, 7) is 3.95. The molecule has 0 aromatic heterocycles. The van der Waals surface area contributed by atoms with Crippen LogP contribution in [-0.2, 0) is 20.9 Å². The van der Waals surface area contributed by atoms with Crippen LogP contribution in [0.5, 0.6) is 5.75 Å². The molecule has 8 nitrogen and oxygen atoms in total. The van der Waals surface area contributed by atoms with E-state index in [-0.39, 0.29) is 18.7 Å². The first-order chi connectivity index (χ1) is 14.2. The van der Waals surface area contributed by atoms with Crippen molar-refractivity contribution in [3.8, 4) is 5.75 Å². The highest BCUT2D eigenvalue weighted by molar-refractivity contribution is 6.19. The van der Waals surface area contributed by atoms with Gasteiger partial charge in [0.25, 0.3) is 11.8 Å². The summed E-state index contributed by atoms with van der Waals surface area (Å²) >= 11 is 0. The fraction of sp³-hybridized carbons (Fsp3) is 0.500. The molecule has 3 N–H and O–H groups in total. The van der Waals surface area contributed by atoms with Gasteiger partial charge in [-0.25, -0.2) is 0 Å². The van der Waals surface area contributed by atoms with Gasteiger partial charge in [0.2, 0.25) is 0 Å². The van der Waals surface area contributed by atoms with E-state index in [0.717, 1.165) is 17.9 Å². The Morgan fingerprint density at radius 3 is 2.47 bits per heavy atom. The van der Waals surface area contributed by atoms with E-state index in [9.17, 15) is 19.5 Å². The highest BCUT2D eigenvalue weighted by Gasteiger charge is 2.42. The molecule has 8 heteroatoms. The Hall–Kier alpha value is -3.03. The summed E-state index contributed by atoms with van der Waals surface area (Å²) < 4.78 is 5.80. The smallest absolute Gasteiger partial charge is 0.322 e. The molecule has 0 atom stereocenters. The van der Waals surface area contributed by atoms with E-state index in [1.807, 2.05) is 38.1 Å². The fourth-order valence-corrected chi connectivity index (χ4v) is 3.63. The molecular weight excluding hydrogens is 388 g/mol. The first-order valence-corrected chi connectivity index (χ1v) is 10.1. The van der Waals surface area contributed by atoms with Crippen molar-refractivity contribution in [1.29, 1.82) is 0 Å². The van der Waals surface area contributed by atoms with Gasteiger partial charge in [0, 0.05) is 18.5 Å². The van der Waals surface area contributed by atoms with Gasteiger partial charge < -0.3 is 25.2 Å². The number of rotatable bonds is 8. The Bertz CT molecular complexity index is 855. The van der Waals surface area contributed by atoms with E-state index in [2.05, 4.69) is 5.32 Å². The number of carboxylic acids is 1. The topological polar surface area (TPSA) is 116 Å². The maximum atomic E-state index is 13.0. The fourth-order valence-electron chi connectivity index (χ4n) is 3.63. The number of amides is 2. The van der Waals surface area contributed by atoms with Crippen LogP contribution in [0.15, 0.2) is 35.6 Å². The van der Waals surface area contributed by atoms with Gasteiger partial charge in [-0.1, -0.05) is 18.6 Å². The Balaban J connectivity index is 1.69. The van der Waals surface area contributed by atoms with Crippen LogP contribution in [0, 0.1) is 5.92 Å². The van der Waals surface area contributed by atoms with Crippen molar-refractivity contribution in [2.24, 2.45) is 5.92 Å². The third-order valence-corrected chi connectivity index (χ3v) is 5.68. The minimum absolute atomic E-state index is 0.0944. The Kier molecular flexibility index (Phi) is 6.34. The van der Waals surface area contributed by atoms with Gasteiger partial charge in [0.1, 0.15) is 23.6 Å². The van der Waals surface area contributed by atoms with Crippen molar-refractivity contribution in [1.82, 2.24) is 10.2 Å². The summed E-state index contributed by atoms with van der Waals surface area (Å²) in [5, 5.41) is 21.1. The van der Waals surface area contributed by atoms with Crippen molar-refractivity contribution in [3.63, 3.8) is 0 Å². The molecule has 1 aromatic carbocycles. The molecule has 1 aliphatic carbocycles. The summed E-state index contributed by atoms with van der Waals surface area (Å²) in [4.78, 5) is 37.5. The standard InChI is InChI=1S/C22H28N2O6/c1-22(2)10-17(25)19(20(28)23-11-18(26)27)21(29)24(22)12-14-6-8-16(9-7-14)30-13-15-4-3-5-15/h6-9,15,25H,3-5,10-13H2,1-2H3,(H,23,28)(H,26,27). The van der Waals surface area contributed by atoms with Crippen molar-refractivity contribution in [2.45, 2.75) is 51.6 Å². The number of aliphatic hydroxyl groups excluding tert-OH is 1. The molecule has 2 aliphatic rings. The van der Waals surface area contributed by atoms with E-state index in [4.69, 9.17) is 9.84 Å². The molecule has 0 radical (unpaired) electrons. The maximum Gasteiger partial charge on any atom is 0.322 e. The van der Waals surface area contributed by atoms with E-state index in [1.54, 1.807) is 0 Å². The average Bonchev–Trinajstić information content (AvgIpc) is 2.62. The largest absolute Gasteiger partial charge is 0.511 e. The minimum atomic E-state index is -1.23. The Morgan fingerprint density at radius 1 is 1.23 bits per heavy atom. The van der Waals surface area contributed by atoms with Crippen LogP contribution in [0.2, 0.25) is 0 Å². The molecule has 1 saturated carbocycles. The monoisotopic (exact) mass is 416 g/mol. The first kappa shape index (κ1) is 21.7. The van der Waals surface area contributed by atoms with E-state index >= 15 is 0 Å². The van der Waals surface area contributed by atoms with Gasteiger partial charge in [-0.2, -0.15) is 0 Å². The molecule has 0 spiro atoms. The van der Waals surface area contributed by atoms with Gasteiger partial charge in [0.15, 0.2) is 0 Å². The van der Waals surface area contributed by atoms with Crippen LogP contribution in [0.25, 0.3) is 0 Å². The van der Waals surface area contributed by atoms with Crippen molar-refractivity contribution >= 4 is 17.8 Å². The van der Waals surface area contributed by atoms with Crippen LogP contribution in [0.4, 0.5) is 0 Å². The molecule has 0 unspecified atom stereocenters. The summed E-state index contributed by atoms with van der Waals surface area (Å²) in [5.74, 6) is -1.66. The quantitative estimate of drug-likeness (QED) is 0.561. The predicted molar refractivity (Wildman–Crippen MR) is 109 cm³/mol. The van der Waals surface area contributed by atoms with Crippen LogP contribution >= 0.6 is 0 Å². The normalized spacial score (nSPS) is 18.7. The number of aliphatic carboxylic acids is 1. The number of carboxylic acid groups (broad SMARTS) is 1. The summed E-state index contributed by atoms with van der Waals surface area (Å²) in [6, 6.07) is 7.48. The Morgan fingerprint density at radius 2 is 1.90 bits per heavy atom. The highest BCUT2D eigenvalue weighted by Crippen LogP contribution is 2.33. The van der Waals surface area contributed by atoms with Crippen molar-refractivity contribution in [3.05, 3.63) is 41.2 Å². The number of ether oxygens (including phenoxy) is 1. The van der Waals surface area contributed by atoms with E-state index in [0.29, 0.717) is 5.92 Å². The predicted octanol–water partition coefficient (Wildman–Crippen LogP) is 2.39. The average molecular weight is 416 g/mol. The second-order valence-electron chi connectivity index (χ2n) is 8.53. The zero-order chi connectivity index (χ0) is 21.9. The molecule has 1 aromatic rings. The molecule has 0 saturated heterocycles. The number of hydrogen-bond donors (Lipinski definition) is 3.